The highest BCUT2D eigenvalue weighted by Gasteiger charge is 2.53. The zero-order valence-corrected chi connectivity index (χ0v) is 9.98. The standard InChI is InChI=1S/C10H20NO2P/c1-9-3-5-10(6-4-9)11-7-8-14(10,12)13-2/h9,11H,3-8H2,1-2H3. The monoisotopic (exact) mass is 217 g/mol. The third kappa shape index (κ3) is 1.46. The van der Waals surface area contributed by atoms with Crippen LogP contribution in [0.15, 0.2) is 0 Å². The van der Waals surface area contributed by atoms with Gasteiger partial charge in [0.05, 0.1) is 5.28 Å². The molecule has 0 aromatic heterocycles. The first kappa shape index (κ1) is 10.7. The van der Waals surface area contributed by atoms with E-state index in [2.05, 4.69) is 12.2 Å². The summed E-state index contributed by atoms with van der Waals surface area (Å²) in [6.07, 6.45) is 5.14. The van der Waals surface area contributed by atoms with Crippen molar-refractivity contribution in [3.63, 3.8) is 0 Å². The van der Waals surface area contributed by atoms with Crippen molar-refractivity contribution in [1.82, 2.24) is 5.32 Å². The molecule has 1 saturated heterocycles. The molecule has 4 heteroatoms. The summed E-state index contributed by atoms with van der Waals surface area (Å²) >= 11 is 0. The molecule has 1 atom stereocenters. The maximum atomic E-state index is 12.5. The normalized spacial score (nSPS) is 48.6. The fourth-order valence-electron chi connectivity index (χ4n) is 2.79. The van der Waals surface area contributed by atoms with E-state index in [-0.39, 0.29) is 5.28 Å². The molecule has 0 bridgehead atoms. The van der Waals surface area contributed by atoms with E-state index in [1.54, 1.807) is 7.11 Å². The minimum atomic E-state index is -2.39. The van der Waals surface area contributed by atoms with Gasteiger partial charge >= 0.3 is 0 Å². The molecule has 1 aliphatic carbocycles. The van der Waals surface area contributed by atoms with Gasteiger partial charge in [-0.25, -0.2) is 0 Å². The lowest BCUT2D eigenvalue weighted by molar-refractivity contribution is 0.257. The second kappa shape index (κ2) is 3.62. The van der Waals surface area contributed by atoms with E-state index < -0.39 is 7.37 Å². The Hall–Kier alpha value is 0.150. The van der Waals surface area contributed by atoms with Gasteiger partial charge in [0.25, 0.3) is 0 Å². The molecule has 2 rings (SSSR count). The van der Waals surface area contributed by atoms with Crippen LogP contribution in [0.3, 0.4) is 0 Å². The van der Waals surface area contributed by atoms with Crippen molar-refractivity contribution in [3.05, 3.63) is 0 Å². The van der Waals surface area contributed by atoms with Crippen LogP contribution in [0.25, 0.3) is 0 Å². The maximum Gasteiger partial charge on any atom is 0.223 e. The van der Waals surface area contributed by atoms with Crippen molar-refractivity contribution >= 4 is 7.37 Å². The van der Waals surface area contributed by atoms with Gasteiger partial charge in [-0.2, -0.15) is 0 Å². The first-order valence-electron chi connectivity index (χ1n) is 5.52. The van der Waals surface area contributed by atoms with Gasteiger partial charge in [-0.1, -0.05) is 6.92 Å². The van der Waals surface area contributed by atoms with Crippen LogP contribution in [-0.4, -0.2) is 25.1 Å². The quantitative estimate of drug-likeness (QED) is 0.685. The van der Waals surface area contributed by atoms with Gasteiger partial charge in [0.1, 0.15) is 0 Å². The lowest BCUT2D eigenvalue weighted by atomic mass is 9.87. The van der Waals surface area contributed by atoms with Crippen LogP contribution in [-0.2, 0) is 9.09 Å². The molecular formula is C10H20NO2P. The van der Waals surface area contributed by atoms with Crippen LogP contribution >= 0.6 is 7.37 Å². The van der Waals surface area contributed by atoms with Crippen molar-refractivity contribution < 1.29 is 9.09 Å². The Bertz CT molecular complexity index is 259. The molecule has 1 heterocycles. The molecule has 82 valence electrons. The topological polar surface area (TPSA) is 38.3 Å². The third-order valence-corrected chi connectivity index (χ3v) is 7.22. The van der Waals surface area contributed by atoms with E-state index >= 15 is 0 Å². The van der Waals surface area contributed by atoms with Gasteiger partial charge < -0.3 is 9.84 Å². The molecule has 0 radical (unpaired) electrons. The van der Waals surface area contributed by atoms with Crippen LogP contribution in [0.4, 0.5) is 0 Å². The van der Waals surface area contributed by atoms with Crippen molar-refractivity contribution in [2.24, 2.45) is 5.92 Å². The molecule has 1 spiro atoms. The van der Waals surface area contributed by atoms with Gasteiger partial charge in [-0.05, 0) is 31.6 Å². The fraction of sp³-hybridized carbons (Fsp3) is 1.00. The molecule has 1 N–H and O–H groups in total. The smallest absolute Gasteiger partial charge is 0.223 e. The van der Waals surface area contributed by atoms with Crippen LogP contribution < -0.4 is 5.32 Å². The van der Waals surface area contributed by atoms with Crippen molar-refractivity contribution in [2.75, 3.05) is 19.8 Å². The van der Waals surface area contributed by atoms with Gasteiger partial charge in [-0.3, -0.25) is 4.57 Å². The van der Waals surface area contributed by atoms with Crippen LogP contribution in [0.1, 0.15) is 32.6 Å². The highest BCUT2D eigenvalue weighted by atomic mass is 31.2. The van der Waals surface area contributed by atoms with Gasteiger partial charge in [0, 0.05) is 19.8 Å². The van der Waals surface area contributed by atoms with E-state index in [1.165, 1.54) is 12.8 Å². The maximum absolute atomic E-state index is 12.5. The first-order valence-corrected chi connectivity index (χ1v) is 7.33. The molecule has 0 aromatic rings. The lowest BCUT2D eigenvalue weighted by Crippen LogP contribution is -2.42. The first-order chi connectivity index (χ1) is 6.62. The summed E-state index contributed by atoms with van der Waals surface area (Å²) in [6, 6.07) is 0. The summed E-state index contributed by atoms with van der Waals surface area (Å²) in [5.74, 6) is 0.785. The summed E-state index contributed by atoms with van der Waals surface area (Å²) < 4.78 is 17.8. The molecule has 0 amide bonds. The van der Waals surface area contributed by atoms with Gasteiger partial charge in [-0.15, -0.1) is 0 Å². The highest BCUT2D eigenvalue weighted by Crippen LogP contribution is 2.65. The third-order valence-electron chi connectivity index (χ3n) is 3.91. The second-order valence-electron chi connectivity index (χ2n) is 4.72. The van der Waals surface area contributed by atoms with E-state index in [4.69, 9.17) is 4.52 Å². The zero-order chi connectivity index (χ0) is 10.2. The summed E-state index contributed by atoms with van der Waals surface area (Å²) in [7, 11) is -0.790. The van der Waals surface area contributed by atoms with E-state index in [1.807, 2.05) is 0 Å². The Morgan fingerprint density at radius 2 is 2.07 bits per heavy atom. The Kier molecular flexibility index (Phi) is 2.76. The number of hydrogen-bond acceptors (Lipinski definition) is 3. The van der Waals surface area contributed by atoms with Gasteiger partial charge in [0.2, 0.25) is 7.37 Å². The number of hydrogen-bond donors (Lipinski definition) is 1. The average molecular weight is 217 g/mol. The average Bonchev–Trinajstić information content (AvgIpc) is 2.51. The summed E-state index contributed by atoms with van der Waals surface area (Å²) in [6.45, 7) is 3.14. The largest absolute Gasteiger partial charge is 0.331 e. The Morgan fingerprint density at radius 1 is 1.43 bits per heavy atom. The molecule has 14 heavy (non-hydrogen) atoms. The minimum absolute atomic E-state index is 0.158. The lowest BCUT2D eigenvalue weighted by Gasteiger charge is -2.39. The molecule has 2 fully saturated rings. The molecule has 1 aliphatic heterocycles. The summed E-state index contributed by atoms with van der Waals surface area (Å²) in [5.41, 5.74) is 0. The van der Waals surface area contributed by atoms with Crippen LogP contribution in [0.2, 0.25) is 0 Å². The SMILES string of the molecule is COP1(=O)CCNC12CCC(C)CC2. The summed E-state index contributed by atoms with van der Waals surface area (Å²) in [5, 5.41) is 3.29. The minimum Gasteiger partial charge on any atom is -0.331 e. The predicted octanol–water partition coefficient (Wildman–Crippen LogP) is 2.42. The second-order valence-corrected chi connectivity index (χ2v) is 7.74. The molecular weight excluding hydrogens is 197 g/mol. The number of nitrogens with one attached hydrogen (secondary N) is 1. The van der Waals surface area contributed by atoms with E-state index in [0.29, 0.717) is 0 Å². The summed E-state index contributed by atoms with van der Waals surface area (Å²) in [4.78, 5) is 0. The van der Waals surface area contributed by atoms with E-state index in [9.17, 15) is 4.57 Å². The number of rotatable bonds is 1. The van der Waals surface area contributed by atoms with Crippen molar-refractivity contribution in [3.8, 4) is 0 Å². The molecule has 0 aromatic carbocycles. The Morgan fingerprint density at radius 3 is 2.64 bits per heavy atom. The molecule has 2 aliphatic rings. The van der Waals surface area contributed by atoms with Crippen LogP contribution in [0, 0.1) is 5.92 Å². The molecule has 3 nitrogen and oxygen atoms in total. The van der Waals surface area contributed by atoms with E-state index in [0.717, 1.165) is 31.5 Å². The highest BCUT2D eigenvalue weighted by molar-refractivity contribution is 7.61. The fourth-order valence-corrected chi connectivity index (χ4v) is 5.45. The van der Waals surface area contributed by atoms with Crippen molar-refractivity contribution in [1.29, 1.82) is 0 Å². The molecule has 1 saturated carbocycles. The Labute approximate surface area is 86.1 Å². The van der Waals surface area contributed by atoms with Gasteiger partial charge in [0.15, 0.2) is 0 Å². The van der Waals surface area contributed by atoms with Crippen molar-refractivity contribution in [2.45, 2.75) is 37.9 Å². The van der Waals surface area contributed by atoms with Crippen LogP contribution in [0.5, 0.6) is 0 Å². The molecule has 1 unspecified atom stereocenters. The Balaban J connectivity index is 2.19. The zero-order valence-electron chi connectivity index (χ0n) is 9.08. The predicted molar refractivity (Wildman–Crippen MR) is 57.8 cm³/mol.